The average molecular weight is 323 g/mol. The number of hydrogen-bond donors (Lipinski definition) is 2. The molecule has 0 aliphatic carbocycles. The van der Waals surface area contributed by atoms with Crippen LogP contribution < -0.4 is 10.7 Å². The predicted octanol–water partition coefficient (Wildman–Crippen LogP) is 1.07. The molecule has 0 bridgehead atoms. The second kappa shape index (κ2) is 6.27. The van der Waals surface area contributed by atoms with E-state index in [4.69, 9.17) is 0 Å². The minimum absolute atomic E-state index is 0.211. The van der Waals surface area contributed by atoms with Crippen LogP contribution in [0.1, 0.15) is 26.7 Å². The molecular weight excluding hydrogens is 306 g/mol. The lowest BCUT2D eigenvalue weighted by Crippen LogP contribution is -2.32. The van der Waals surface area contributed by atoms with Crippen molar-refractivity contribution in [2.24, 2.45) is 5.10 Å². The van der Waals surface area contributed by atoms with Crippen LogP contribution >= 0.6 is 0 Å². The molecule has 0 radical (unpaired) electrons. The maximum Gasteiger partial charge on any atom is 0.271 e. The second-order valence-corrected chi connectivity index (χ2v) is 7.67. The van der Waals surface area contributed by atoms with Crippen LogP contribution in [0, 0.1) is 0 Å². The van der Waals surface area contributed by atoms with Gasteiger partial charge in [0.2, 0.25) is 5.91 Å². The zero-order chi connectivity index (χ0) is 16.3. The molecule has 1 aromatic carbocycles. The molecular formula is C14H17N3O4S. The van der Waals surface area contributed by atoms with Crippen molar-refractivity contribution < 1.29 is 18.0 Å². The van der Waals surface area contributed by atoms with Gasteiger partial charge in [-0.1, -0.05) is 0 Å². The van der Waals surface area contributed by atoms with Crippen molar-refractivity contribution in [3.8, 4) is 0 Å². The summed E-state index contributed by atoms with van der Waals surface area (Å²) in [6.07, 6.45) is 0.495. The van der Waals surface area contributed by atoms with E-state index in [-0.39, 0.29) is 29.4 Å². The third-order valence-corrected chi connectivity index (χ3v) is 5.40. The zero-order valence-electron chi connectivity index (χ0n) is 12.3. The molecule has 0 aromatic heterocycles. The van der Waals surface area contributed by atoms with Gasteiger partial charge in [0.15, 0.2) is 9.84 Å². The van der Waals surface area contributed by atoms with Crippen molar-refractivity contribution in [1.29, 1.82) is 0 Å². The van der Waals surface area contributed by atoms with Crippen molar-refractivity contribution in [3.63, 3.8) is 0 Å². The van der Waals surface area contributed by atoms with Gasteiger partial charge < -0.3 is 5.32 Å². The Morgan fingerprint density at radius 1 is 1.23 bits per heavy atom. The Morgan fingerprint density at radius 2 is 1.86 bits per heavy atom. The summed E-state index contributed by atoms with van der Waals surface area (Å²) < 4.78 is 24.0. The number of carbonyl (C=O) groups is 2. The summed E-state index contributed by atoms with van der Waals surface area (Å²) in [4.78, 5) is 23.1. The van der Waals surface area contributed by atoms with Gasteiger partial charge in [-0.3, -0.25) is 9.59 Å². The molecule has 22 heavy (non-hydrogen) atoms. The summed E-state index contributed by atoms with van der Waals surface area (Å²) >= 11 is 0. The van der Waals surface area contributed by atoms with Crippen LogP contribution in [0.3, 0.4) is 0 Å². The van der Waals surface area contributed by atoms with Crippen LogP contribution in [0.5, 0.6) is 0 Å². The van der Waals surface area contributed by atoms with E-state index < -0.39 is 21.0 Å². The largest absolute Gasteiger partial charge is 0.321 e. The van der Waals surface area contributed by atoms with Crippen LogP contribution in [0.4, 0.5) is 5.69 Å². The van der Waals surface area contributed by atoms with E-state index in [9.17, 15) is 18.0 Å². The standard InChI is InChI=1S/C14H17N3O4S/c1-9(2)22(20,21)11-5-3-10(4-6-11)15-14(19)12-7-8-13(18)17-16-12/h3-6,9H,7-8H2,1-2H3,(H,15,19)(H,17,18). The highest BCUT2D eigenvalue weighted by Gasteiger charge is 2.20. The number of sulfone groups is 1. The molecule has 2 N–H and O–H groups in total. The highest BCUT2D eigenvalue weighted by Crippen LogP contribution is 2.18. The lowest BCUT2D eigenvalue weighted by molar-refractivity contribution is -0.121. The molecule has 0 unspecified atom stereocenters. The summed E-state index contributed by atoms with van der Waals surface area (Å²) in [5.41, 5.74) is 2.95. The Balaban J connectivity index is 2.09. The summed E-state index contributed by atoms with van der Waals surface area (Å²) in [5.74, 6) is -0.640. The second-order valence-electron chi connectivity index (χ2n) is 5.17. The van der Waals surface area contributed by atoms with Gasteiger partial charge in [0.1, 0.15) is 5.71 Å². The van der Waals surface area contributed by atoms with E-state index in [0.29, 0.717) is 5.69 Å². The lowest BCUT2D eigenvalue weighted by atomic mass is 10.1. The first kappa shape index (κ1) is 16.2. The fourth-order valence-electron chi connectivity index (χ4n) is 1.84. The number of hydrazone groups is 1. The van der Waals surface area contributed by atoms with E-state index in [2.05, 4.69) is 15.8 Å². The first-order chi connectivity index (χ1) is 10.3. The van der Waals surface area contributed by atoms with E-state index >= 15 is 0 Å². The van der Waals surface area contributed by atoms with Crippen molar-refractivity contribution in [2.75, 3.05) is 5.32 Å². The third kappa shape index (κ3) is 3.51. The normalized spacial score (nSPS) is 15.2. The molecule has 1 aliphatic heterocycles. The van der Waals surface area contributed by atoms with Crippen LogP contribution in [-0.2, 0) is 19.4 Å². The Labute approximate surface area is 128 Å². The maximum atomic E-state index is 12.0. The molecule has 0 fully saturated rings. The number of hydrogen-bond acceptors (Lipinski definition) is 5. The highest BCUT2D eigenvalue weighted by molar-refractivity contribution is 7.92. The molecule has 1 aromatic rings. The Kier molecular flexibility index (Phi) is 4.60. The van der Waals surface area contributed by atoms with Gasteiger partial charge in [-0.15, -0.1) is 0 Å². The zero-order valence-corrected chi connectivity index (χ0v) is 13.1. The van der Waals surface area contributed by atoms with Gasteiger partial charge >= 0.3 is 0 Å². The van der Waals surface area contributed by atoms with E-state index in [0.717, 1.165) is 0 Å². The summed E-state index contributed by atoms with van der Waals surface area (Å²) in [6, 6.07) is 5.95. The SMILES string of the molecule is CC(C)S(=O)(=O)c1ccc(NC(=O)C2=NNC(=O)CC2)cc1. The summed E-state index contributed by atoms with van der Waals surface area (Å²) in [6.45, 7) is 3.22. The molecule has 118 valence electrons. The predicted molar refractivity (Wildman–Crippen MR) is 82.2 cm³/mol. The fourth-order valence-corrected chi connectivity index (χ4v) is 2.90. The Morgan fingerprint density at radius 3 is 2.36 bits per heavy atom. The van der Waals surface area contributed by atoms with Gasteiger partial charge in [0.25, 0.3) is 5.91 Å². The monoisotopic (exact) mass is 323 g/mol. The third-order valence-electron chi connectivity index (χ3n) is 3.23. The first-order valence-corrected chi connectivity index (χ1v) is 8.36. The van der Waals surface area contributed by atoms with Crippen molar-refractivity contribution in [2.45, 2.75) is 36.8 Å². The quantitative estimate of drug-likeness (QED) is 0.864. The number of nitrogens with one attached hydrogen (secondary N) is 2. The number of anilines is 1. The fraction of sp³-hybridized carbons (Fsp3) is 0.357. The molecule has 0 saturated carbocycles. The van der Waals surface area contributed by atoms with E-state index in [1.165, 1.54) is 24.3 Å². The van der Waals surface area contributed by atoms with Gasteiger partial charge in [-0.05, 0) is 38.1 Å². The molecule has 0 atom stereocenters. The number of amides is 2. The lowest BCUT2D eigenvalue weighted by Gasteiger charge is -2.12. The first-order valence-electron chi connectivity index (χ1n) is 6.81. The molecule has 2 rings (SSSR count). The topological polar surface area (TPSA) is 105 Å². The molecule has 0 spiro atoms. The molecule has 7 nitrogen and oxygen atoms in total. The molecule has 0 saturated heterocycles. The average Bonchev–Trinajstić information content (AvgIpc) is 2.48. The number of carbonyl (C=O) groups excluding carboxylic acids is 2. The summed E-state index contributed by atoms with van der Waals surface area (Å²) in [5, 5.41) is 5.81. The van der Waals surface area contributed by atoms with Crippen molar-refractivity contribution in [3.05, 3.63) is 24.3 Å². The van der Waals surface area contributed by atoms with Gasteiger partial charge in [-0.25, -0.2) is 13.8 Å². The number of nitrogens with zero attached hydrogens (tertiary/aromatic N) is 1. The van der Waals surface area contributed by atoms with Crippen LogP contribution in [-0.4, -0.2) is 31.2 Å². The van der Waals surface area contributed by atoms with Crippen molar-refractivity contribution in [1.82, 2.24) is 5.43 Å². The minimum Gasteiger partial charge on any atom is -0.321 e. The highest BCUT2D eigenvalue weighted by atomic mass is 32.2. The van der Waals surface area contributed by atoms with Gasteiger partial charge in [-0.2, -0.15) is 5.10 Å². The molecule has 1 aliphatic rings. The van der Waals surface area contributed by atoms with E-state index in [1.807, 2.05) is 0 Å². The summed E-state index contributed by atoms with van der Waals surface area (Å²) in [7, 11) is -3.33. The van der Waals surface area contributed by atoms with Crippen LogP contribution in [0.25, 0.3) is 0 Å². The smallest absolute Gasteiger partial charge is 0.271 e. The van der Waals surface area contributed by atoms with Crippen LogP contribution in [0.15, 0.2) is 34.3 Å². The molecule has 1 heterocycles. The van der Waals surface area contributed by atoms with Crippen molar-refractivity contribution >= 4 is 33.1 Å². The van der Waals surface area contributed by atoms with Gasteiger partial charge in [0.05, 0.1) is 10.1 Å². The number of rotatable bonds is 4. The maximum absolute atomic E-state index is 12.0. The Bertz CT molecular complexity index is 721. The molecule has 8 heteroatoms. The van der Waals surface area contributed by atoms with E-state index in [1.54, 1.807) is 13.8 Å². The van der Waals surface area contributed by atoms with Crippen LogP contribution in [0.2, 0.25) is 0 Å². The number of benzene rings is 1. The molecule has 2 amide bonds. The minimum atomic E-state index is -3.33. The Hall–Kier alpha value is -2.22. The van der Waals surface area contributed by atoms with Gasteiger partial charge in [0, 0.05) is 18.5 Å².